The van der Waals surface area contributed by atoms with Crippen LogP contribution in [0.1, 0.15) is 20.7 Å². The van der Waals surface area contributed by atoms with Crippen molar-refractivity contribution in [3.8, 4) is 0 Å². The molecule has 23 heavy (non-hydrogen) atoms. The lowest BCUT2D eigenvalue weighted by atomic mass is 10.2. The van der Waals surface area contributed by atoms with E-state index in [0.717, 1.165) is 12.1 Å². The molecule has 0 saturated heterocycles. The van der Waals surface area contributed by atoms with E-state index in [-0.39, 0.29) is 21.3 Å². The normalized spacial score (nSPS) is 9.83. The number of rotatable bonds is 2. The fraction of sp³-hybridized carbons (Fsp3) is 0. The van der Waals surface area contributed by atoms with E-state index in [2.05, 4.69) is 16.2 Å². The van der Waals surface area contributed by atoms with Crippen LogP contribution in [0.4, 0.5) is 4.39 Å². The summed E-state index contributed by atoms with van der Waals surface area (Å²) in [5.74, 6) is -1.49. The molecule has 0 aliphatic carbocycles. The first kappa shape index (κ1) is 16.9. The molecular weight excluding hydrogens is 341 g/mol. The minimum absolute atomic E-state index is 0.111. The maximum Gasteiger partial charge on any atom is 0.271 e. The van der Waals surface area contributed by atoms with E-state index in [1.807, 2.05) is 0 Å². The summed E-state index contributed by atoms with van der Waals surface area (Å²) in [6.45, 7) is 0. The zero-order valence-electron chi connectivity index (χ0n) is 11.6. The first-order chi connectivity index (χ1) is 11.0. The third-order valence-corrected chi connectivity index (χ3v) is 3.28. The molecule has 0 aliphatic heterocycles. The van der Waals surface area contributed by atoms with Crippen LogP contribution in [0, 0.1) is 5.82 Å². The van der Waals surface area contributed by atoms with Gasteiger partial charge in [-0.25, -0.2) is 4.39 Å². The Balaban J connectivity index is 1.88. The van der Waals surface area contributed by atoms with Crippen LogP contribution in [-0.4, -0.2) is 16.9 Å². The predicted molar refractivity (Wildman–Crippen MR) is 88.5 cm³/mol. The van der Waals surface area contributed by atoms with Crippen molar-refractivity contribution in [3.63, 3.8) is 0 Å². The molecule has 0 unspecified atom stereocenters. The van der Waals surface area contributed by atoms with Crippen LogP contribution >= 0.6 is 23.8 Å². The zero-order chi connectivity index (χ0) is 16.8. The Morgan fingerprint density at radius 2 is 1.61 bits per heavy atom. The average Bonchev–Trinajstić information content (AvgIpc) is 2.53. The third-order valence-electron chi connectivity index (χ3n) is 2.74. The molecule has 0 atom stereocenters. The van der Waals surface area contributed by atoms with Crippen molar-refractivity contribution in [1.29, 1.82) is 0 Å². The van der Waals surface area contributed by atoms with Crippen LogP contribution in [0.2, 0.25) is 5.02 Å². The number of hydrazine groups is 1. The number of carbonyl (C=O) groups excluding carboxylic acids is 2. The molecule has 0 bridgehead atoms. The molecule has 2 amide bonds. The third kappa shape index (κ3) is 4.73. The van der Waals surface area contributed by atoms with Crippen molar-refractivity contribution in [2.24, 2.45) is 0 Å². The van der Waals surface area contributed by atoms with Crippen molar-refractivity contribution in [1.82, 2.24) is 16.2 Å². The highest BCUT2D eigenvalue weighted by atomic mass is 35.5. The van der Waals surface area contributed by atoms with Crippen LogP contribution in [0.15, 0.2) is 48.5 Å². The highest BCUT2D eigenvalue weighted by Gasteiger charge is 2.11. The summed E-state index contributed by atoms with van der Waals surface area (Å²) in [6, 6.07) is 11.4. The second-order valence-corrected chi connectivity index (χ2v) is 5.16. The van der Waals surface area contributed by atoms with Gasteiger partial charge in [0.05, 0.1) is 10.6 Å². The monoisotopic (exact) mass is 351 g/mol. The van der Waals surface area contributed by atoms with Crippen LogP contribution in [0.5, 0.6) is 0 Å². The number of hydrogen-bond acceptors (Lipinski definition) is 3. The number of halogens is 2. The van der Waals surface area contributed by atoms with E-state index in [1.165, 1.54) is 12.1 Å². The topological polar surface area (TPSA) is 70.2 Å². The van der Waals surface area contributed by atoms with Gasteiger partial charge < -0.3 is 0 Å². The molecule has 0 spiro atoms. The molecular formula is C15H11ClFN3O2S. The summed E-state index contributed by atoms with van der Waals surface area (Å²) < 4.78 is 12.8. The fourth-order valence-electron chi connectivity index (χ4n) is 1.63. The summed E-state index contributed by atoms with van der Waals surface area (Å²) in [5.41, 5.74) is 5.19. The molecule has 3 N–H and O–H groups in total. The second-order valence-electron chi connectivity index (χ2n) is 4.35. The van der Waals surface area contributed by atoms with Crippen LogP contribution < -0.4 is 16.2 Å². The highest BCUT2D eigenvalue weighted by molar-refractivity contribution is 7.80. The molecule has 2 aromatic carbocycles. The van der Waals surface area contributed by atoms with E-state index in [0.29, 0.717) is 0 Å². The minimum atomic E-state index is -0.533. The van der Waals surface area contributed by atoms with Crippen molar-refractivity contribution in [2.45, 2.75) is 0 Å². The molecule has 8 heteroatoms. The van der Waals surface area contributed by atoms with E-state index in [4.69, 9.17) is 23.8 Å². The Hall–Kier alpha value is -2.51. The summed E-state index contributed by atoms with van der Waals surface area (Å²) in [5, 5.41) is 2.52. The second kappa shape index (κ2) is 7.66. The lowest BCUT2D eigenvalue weighted by molar-refractivity contribution is 0.0934. The summed E-state index contributed by atoms with van der Waals surface area (Å²) in [6.07, 6.45) is 0. The molecule has 118 valence electrons. The van der Waals surface area contributed by atoms with E-state index < -0.39 is 17.6 Å². The lowest BCUT2D eigenvalue weighted by Crippen LogP contribution is -2.48. The average molecular weight is 352 g/mol. The molecule has 2 rings (SSSR count). The summed E-state index contributed by atoms with van der Waals surface area (Å²) in [7, 11) is 0. The van der Waals surface area contributed by atoms with Crippen LogP contribution in [0.25, 0.3) is 0 Å². The van der Waals surface area contributed by atoms with Crippen molar-refractivity contribution in [2.75, 3.05) is 0 Å². The van der Waals surface area contributed by atoms with Crippen molar-refractivity contribution in [3.05, 3.63) is 70.5 Å². The molecule has 0 aliphatic rings. The van der Waals surface area contributed by atoms with Gasteiger partial charge in [0.25, 0.3) is 11.8 Å². The number of amides is 2. The maximum atomic E-state index is 12.8. The molecule has 2 aromatic rings. The Kier molecular flexibility index (Phi) is 5.61. The van der Waals surface area contributed by atoms with Gasteiger partial charge in [-0.05, 0) is 48.6 Å². The molecule has 5 nitrogen and oxygen atoms in total. The van der Waals surface area contributed by atoms with Gasteiger partial charge in [0, 0.05) is 5.56 Å². The SMILES string of the molecule is O=C(NC(=S)NNC(=O)c1ccccc1Cl)c1ccc(F)cc1. The largest absolute Gasteiger partial charge is 0.298 e. The van der Waals surface area contributed by atoms with Crippen LogP contribution in [-0.2, 0) is 0 Å². The van der Waals surface area contributed by atoms with E-state index in [9.17, 15) is 14.0 Å². The van der Waals surface area contributed by atoms with Gasteiger partial charge in [0.1, 0.15) is 5.82 Å². The van der Waals surface area contributed by atoms with Crippen molar-refractivity contribution < 1.29 is 14.0 Å². The quantitative estimate of drug-likeness (QED) is 0.574. The van der Waals surface area contributed by atoms with E-state index in [1.54, 1.807) is 24.3 Å². The molecule has 0 aromatic heterocycles. The van der Waals surface area contributed by atoms with Gasteiger partial charge >= 0.3 is 0 Å². The van der Waals surface area contributed by atoms with Gasteiger partial charge in [-0.1, -0.05) is 23.7 Å². The van der Waals surface area contributed by atoms with Gasteiger partial charge in [-0.3, -0.25) is 25.8 Å². The zero-order valence-corrected chi connectivity index (χ0v) is 13.2. The molecule has 0 fully saturated rings. The number of hydrogen-bond donors (Lipinski definition) is 3. The summed E-state index contributed by atoms with van der Waals surface area (Å²) in [4.78, 5) is 23.7. The van der Waals surface area contributed by atoms with Gasteiger partial charge in [0.15, 0.2) is 5.11 Å². The number of thiocarbonyl (C=S) groups is 1. The molecule has 0 heterocycles. The van der Waals surface area contributed by atoms with Gasteiger partial charge in [0.2, 0.25) is 0 Å². The summed E-state index contributed by atoms with van der Waals surface area (Å²) >= 11 is 10.8. The Bertz CT molecular complexity index is 753. The highest BCUT2D eigenvalue weighted by Crippen LogP contribution is 2.14. The first-order valence-electron chi connectivity index (χ1n) is 6.39. The maximum absolute atomic E-state index is 12.8. The molecule has 0 radical (unpaired) electrons. The Morgan fingerprint density at radius 1 is 0.957 bits per heavy atom. The standard InChI is InChI=1S/C15H11ClFN3O2S/c16-12-4-2-1-3-11(12)14(22)19-20-15(23)18-13(21)9-5-7-10(17)8-6-9/h1-8H,(H,19,22)(H2,18,20,21,23). The van der Waals surface area contributed by atoms with Gasteiger partial charge in [-0.2, -0.15) is 0 Å². The molecule has 0 saturated carbocycles. The predicted octanol–water partition coefficient (Wildman–Crippen LogP) is 2.43. The van der Waals surface area contributed by atoms with Crippen molar-refractivity contribution >= 4 is 40.7 Å². The first-order valence-corrected chi connectivity index (χ1v) is 7.18. The smallest absolute Gasteiger partial charge is 0.271 e. The number of benzene rings is 2. The number of nitrogens with one attached hydrogen (secondary N) is 3. The minimum Gasteiger partial charge on any atom is -0.298 e. The number of carbonyl (C=O) groups is 2. The lowest BCUT2D eigenvalue weighted by Gasteiger charge is -2.11. The fourth-order valence-corrected chi connectivity index (χ4v) is 2.00. The Labute approximate surface area is 141 Å². The van der Waals surface area contributed by atoms with E-state index >= 15 is 0 Å². The van der Waals surface area contributed by atoms with Gasteiger partial charge in [-0.15, -0.1) is 0 Å². The van der Waals surface area contributed by atoms with Crippen LogP contribution in [0.3, 0.4) is 0 Å². The Morgan fingerprint density at radius 3 is 2.26 bits per heavy atom.